The topological polar surface area (TPSA) is 56.5 Å². The van der Waals surface area contributed by atoms with Gasteiger partial charge in [0.25, 0.3) is 0 Å². The molecule has 0 radical (unpaired) electrons. The lowest BCUT2D eigenvalue weighted by molar-refractivity contribution is -0.0616. The number of rotatable bonds is 6. The Bertz CT molecular complexity index is 535. The molecule has 1 aliphatic heterocycles. The van der Waals surface area contributed by atoms with Crippen LogP contribution in [0.1, 0.15) is 12.8 Å². The highest BCUT2D eigenvalue weighted by Crippen LogP contribution is 2.23. The zero-order valence-electron chi connectivity index (χ0n) is 11.9. The highest BCUT2D eigenvalue weighted by atomic mass is 32.1. The number of aliphatic hydroxyl groups excluding tert-OH is 1. The van der Waals surface area contributed by atoms with E-state index in [-0.39, 0.29) is 6.10 Å². The molecule has 1 aliphatic rings. The molecule has 0 amide bonds. The lowest BCUT2D eigenvalue weighted by atomic mass is 10.1. The first-order chi connectivity index (χ1) is 10.3. The summed E-state index contributed by atoms with van der Waals surface area (Å²) in [5.74, 6) is 0.898. The summed E-state index contributed by atoms with van der Waals surface area (Å²) in [6, 6.07) is 4.04. The molecule has 1 unspecified atom stereocenters. The zero-order valence-corrected chi connectivity index (χ0v) is 12.7. The molecule has 0 saturated carbocycles. The van der Waals surface area contributed by atoms with Gasteiger partial charge in [0.15, 0.2) is 0 Å². The van der Waals surface area contributed by atoms with Gasteiger partial charge < -0.3 is 19.1 Å². The van der Waals surface area contributed by atoms with Crippen LogP contribution in [0.25, 0.3) is 10.7 Å². The van der Waals surface area contributed by atoms with E-state index in [0.29, 0.717) is 13.2 Å². The molecule has 1 saturated heterocycles. The molecular formula is C15H20N2O3S. The summed E-state index contributed by atoms with van der Waals surface area (Å²) in [5, 5.41) is 12.2. The molecule has 21 heavy (non-hydrogen) atoms. The van der Waals surface area contributed by atoms with Crippen molar-refractivity contribution < 1.29 is 14.6 Å². The van der Waals surface area contributed by atoms with E-state index in [0.717, 1.165) is 36.8 Å². The molecule has 0 bridgehead atoms. The van der Waals surface area contributed by atoms with Crippen LogP contribution in [0.2, 0.25) is 0 Å². The van der Waals surface area contributed by atoms with Crippen molar-refractivity contribution in [2.24, 2.45) is 0 Å². The van der Waals surface area contributed by atoms with Crippen molar-refractivity contribution >= 4 is 11.3 Å². The fourth-order valence-corrected chi connectivity index (χ4v) is 3.19. The molecule has 3 heterocycles. The molecule has 6 heteroatoms. The van der Waals surface area contributed by atoms with Crippen molar-refractivity contribution in [1.29, 1.82) is 0 Å². The Morgan fingerprint density at radius 3 is 3.10 bits per heavy atom. The Labute approximate surface area is 128 Å². The van der Waals surface area contributed by atoms with Gasteiger partial charge >= 0.3 is 0 Å². The number of aromatic nitrogens is 2. The van der Waals surface area contributed by atoms with Gasteiger partial charge in [-0.3, -0.25) is 0 Å². The third-order valence-corrected chi connectivity index (χ3v) is 4.42. The van der Waals surface area contributed by atoms with Crippen molar-refractivity contribution in [3.05, 3.63) is 29.9 Å². The number of aliphatic hydroxyl groups is 1. The van der Waals surface area contributed by atoms with Crippen LogP contribution in [0.5, 0.6) is 0 Å². The van der Waals surface area contributed by atoms with Crippen molar-refractivity contribution in [2.45, 2.75) is 31.6 Å². The molecule has 1 N–H and O–H groups in total. The lowest BCUT2D eigenvalue weighted by Crippen LogP contribution is -2.29. The van der Waals surface area contributed by atoms with E-state index in [1.165, 1.54) is 0 Å². The third kappa shape index (κ3) is 3.91. The summed E-state index contributed by atoms with van der Waals surface area (Å²) >= 11 is 1.65. The Morgan fingerprint density at radius 2 is 2.33 bits per heavy atom. The Kier molecular flexibility index (Phi) is 5.03. The second kappa shape index (κ2) is 7.17. The molecule has 2 aromatic rings. The predicted octanol–water partition coefficient (Wildman–Crippen LogP) is 2.17. The van der Waals surface area contributed by atoms with Gasteiger partial charge in [-0.25, -0.2) is 4.98 Å². The quantitative estimate of drug-likeness (QED) is 0.888. The highest BCUT2D eigenvalue weighted by molar-refractivity contribution is 7.13. The molecule has 114 valence electrons. The fourth-order valence-electron chi connectivity index (χ4n) is 2.46. The van der Waals surface area contributed by atoms with Gasteiger partial charge in [0.05, 0.1) is 30.2 Å². The molecule has 1 fully saturated rings. The molecule has 5 nitrogen and oxygen atoms in total. The number of hydrogen-bond acceptors (Lipinski definition) is 5. The average molecular weight is 308 g/mol. The van der Waals surface area contributed by atoms with Gasteiger partial charge in [0.2, 0.25) is 0 Å². The maximum Gasteiger partial charge on any atom is 0.150 e. The van der Waals surface area contributed by atoms with E-state index >= 15 is 0 Å². The monoisotopic (exact) mass is 308 g/mol. The van der Waals surface area contributed by atoms with Crippen LogP contribution in [0, 0.1) is 0 Å². The minimum Gasteiger partial charge on any atom is -0.389 e. The summed E-state index contributed by atoms with van der Waals surface area (Å²) in [4.78, 5) is 5.48. The maximum absolute atomic E-state index is 10.2. The zero-order chi connectivity index (χ0) is 14.5. The number of nitrogens with zero attached hydrogens (tertiary/aromatic N) is 2. The van der Waals surface area contributed by atoms with Gasteiger partial charge in [-0.15, -0.1) is 11.3 Å². The number of imidazole rings is 1. The largest absolute Gasteiger partial charge is 0.389 e. The smallest absolute Gasteiger partial charge is 0.150 e. The highest BCUT2D eigenvalue weighted by Gasteiger charge is 2.17. The second-order valence-electron chi connectivity index (χ2n) is 5.18. The Balaban J connectivity index is 1.53. The summed E-state index contributed by atoms with van der Waals surface area (Å²) in [5.41, 5.74) is 0. The normalized spacial score (nSPS) is 18.0. The summed E-state index contributed by atoms with van der Waals surface area (Å²) in [6.45, 7) is 2.36. The molecule has 0 aromatic carbocycles. The molecule has 0 spiro atoms. The van der Waals surface area contributed by atoms with E-state index in [1.807, 2.05) is 28.3 Å². The van der Waals surface area contributed by atoms with E-state index < -0.39 is 6.10 Å². The van der Waals surface area contributed by atoms with Gasteiger partial charge in [-0.1, -0.05) is 6.07 Å². The molecular weight excluding hydrogens is 288 g/mol. The van der Waals surface area contributed by atoms with Crippen LogP contribution in [0.4, 0.5) is 0 Å². The first-order valence-electron chi connectivity index (χ1n) is 7.25. The minimum atomic E-state index is -0.527. The van der Waals surface area contributed by atoms with Crippen LogP contribution in [0.15, 0.2) is 29.9 Å². The average Bonchev–Trinajstić information content (AvgIpc) is 3.17. The third-order valence-electron chi connectivity index (χ3n) is 3.56. The summed E-state index contributed by atoms with van der Waals surface area (Å²) in [6.07, 6.45) is 5.18. The standard InChI is InChI=1S/C15H20N2O3S/c18-12(11-20-13-3-7-19-8-4-13)10-17-6-5-16-15(17)14-2-1-9-21-14/h1-2,5-6,9,12-13,18H,3-4,7-8,10-11H2. The first kappa shape index (κ1) is 14.7. The molecule has 2 aromatic heterocycles. The Morgan fingerprint density at radius 1 is 1.48 bits per heavy atom. The van der Waals surface area contributed by atoms with Crippen molar-refractivity contribution in [3.8, 4) is 10.7 Å². The maximum atomic E-state index is 10.2. The van der Waals surface area contributed by atoms with E-state index in [9.17, 15) is 5.11 Å². The van der Waals surface area contributed by atoms with Gasteiger partial charge in [0.1, 0.15) is 5.82 Å². The summed E-state index contributed by atoms with van der Waals surface area (Å²) in [7, 11) is 0. The number of ether oxygens (including phenoxy) is 2. The van der Waals surface area contributed by atoms with Crippen molar-refractivity contribution in [2.75, 3.05) is 19.8 Å². The predicted molar refractivity (Wildman–Crippen MR) is 81.3 cm³/mol. The number of hydrogen-bond donors (Lipinski definition) is 1. The van der Waals surface area contributed by atoms with Gasteiger partial charge in [-0.05, 0) is 24.3 Å². The molecule has 1 atom stereocenters. The van der Waals surface area contributed by atoms with E-state index in [1.54, 1.807) is 17.5 Å². The van der Waals surface area contributed by atoms with Crippen LogP contribution < -0.4 is 0 Å². The van der Waals surface area contributed by atoms with Gasteiger partial charge in [-0.2, -0.15) is 0 Å². The van der Waals surface area contributed by atoms with E-state index in [2.05, 4.69) is 4.98 Å². The molecule has 0 aliphatic carbocycles. The van der Waals surface area contributed by atoms with Gasteiger partial charge in [0, 0.05) is 25.6 Å². The fraction of sp³-hybridized carbons (Fsp3) is 0.533. The molecule has 3 rings (SSSR count). The summed E-state index contributed by atoms with van der Waals surface area (Å²) < 4.78 is 13.0. The van der Waals surface area contributed by atoms with Crippen LogP contribution in [0.3, 0.4) is 0 Å². The second-order valence-corrected chi connectivity index (χ2v) is 6.13. The van der Waals surface area contributed by atoms with Crippen molar-refractivity contribution in [3.63, 3.8) is 0 Å². The van der Waals surface area contributed by atoms with Crippen LogP contribution >= 0.6 is 11.3 Å². The van der Waals surface area contributed by atoms with E-state index in [4.69, 9.17) is 9.47 Å². The first-order valence-corrected chi connectivity index (χ1v) is 8.13. The Hall–Kier alpha value is -1.21. The van der Waals surface area contributed by atoms with Crippen molar-refractivity contribution in [1.82, 2.24) is 9.55 Å². The minimum absolute atomic E-state index is 0.216. The lowest BCUT2D eigenvalue weighted by Gasteiger charge is -2.24. The SMILES string of the molecule is OC(COC1CCOCC1)Cn1ccnc1-c1cccs1. The van der Waals surface area contributed by atoms with Crippen LogP contribution in [-0.2, 0) is 16.0 Å². The number of thiophene rings is 1. The van der Waals surface area contributed by atoms with Crippen LogP contribution in [-0.4, -0.2) is 46.7 Å².